The molecule has 1 heterocycles. The molecule has 0 spiro atoms. The molecule has 7 nitrogen and oxygen atoms in total. The van der Waals surface area contributed by atoms with E-state index in [-0.39, 0.29) is 30.4 Å². The average molecular weight is 505 g/mol. The second-order valence-electron chi connectivity index (χ2n) is 8.63. The first kappa shape index (κ1) is 26.7. The summed E-state index contributed by atoms with van der Waals surface area (Å²) < 4.78 is 27.4. The van der Waals surface area contributed by atoms with Gasteiger partial charge in [-0.15, -0.1) is 0 Å². The van der Waals surface area contributed by atoms with Crippen molar-refractivity contribution in [3.8, 4) is 0 Å². The molecule has 0 aliphatic carbocycles. The molecule has 2 aromatic rings. The number of aliphatic hydroxyl groups excluding tert-OH is 1. The number of likely N-dealkylation sites (N-methyl/N-ethyl adjacent to an activating group) is 1. The molecule has 4 N–H and O–H groups in total. The molecule has 10 heteroatoms. The molecule has 0 radical (unpaired) electrons. The van der Waals surface area contributed by atoms with Gasteiger partial charge >= 0.3 is 0 Å². The predicted molar refractivity (Wildman–Crippen MR) is 132 cm³/mol. The Morgan fingerprint density at radius 1 is 1.17 bits per heavy atom. The topological polar surface area (TPSA) is 93.7 Å². The van der Waals surface area contributed by atoms with Crippen LogP contribution in [0.2, 0.25) is 0 Å². The van der Waals surface area contributed by atoms with Crippen LogP contribution in [0.1, 0.15) is 30.0 Å². The van der Waals surface area contributed by atoms with E-state index < -0.39 is 35.7 Å². The summed E-state index contributed by atoms with van der Waals surface area (Å²) in [5.74, 6) is -2.31. The zero-order valence-corrected chi connectivity index (χ0v) is 20.5. The Labute approximate surface area is 208 Å². The van der Waals surface area contributed by atoms with E-state index in [2.05, 4.69) is 28.9 Å². The lowest BCUT2D eigenvalue weighted by molar-refractivity contribution is -0.130. The molecule has 188 valence electrons. The third-order valence-electron chi connectivity index (χ3n) is 5.89. The molecule has 1 saturated heterocycles. The van der Waals surface area contributed by atoms with Crippen LogP contribution in [0.4, 0.5) is 8.78 Å². The standard InChI is InChI=1S/C25H30F2N4O3S/c1-3-15-5-4-6-16(7-15)13-28-14-22(32)20(10-17-8-18(26)11-19(27)9-17)29-23(33)12-21-24(34)31(2)25(35)30-21/h4-9,11,20-22,28,32H,3,10,12-14H2,1-2H3,(H,29,33)(H,30,35)/t20-,21?,22+/m0/s1. The zero-order chi connectivity index (χ0) is 25.5. The number of aliphatic hydroxyl groups is 1. The Bertz CT molecular complexity index is 1060. The normalized spacial score (nSPS) is 17.3. The molecule has 1 unspecified atom stereocenters. The maximum Gasteiger partial charge on any atom is 0.251 e. The van der Waals surface area contributed by atoms with E-state index in [1.807, 2.05) is 18.2 Å². The number of thiocarbonyl (C=S) groups is 1. The van der Waals surface area contributed by atoms with Crippen LogP contribution in [-0.2, 0) is 29.0 Å². The van der Waals surface area contributed by atoms with Crippen molar-refractivity contribution in [3.63, 3.8) is 0 Å². The van der Waals surface area contributed by atoms with Crippen LogP contribution >= 0.6 is 12.2 Å². The van der Waals surface area contributed by atoms with Gasteiger partial charge in [-0.05, 0) is 53.9 Å². The fourth-order valence-electron chi connectivity index (χ4n) is 3.96. The van der Waals surface area contributed by atoms with Crippen molar-refractivity contribution in [1.82, 2.24) is 20.9 Å². The number of rotatable bonds is 11. The third kappa shape index (κ3) is 7.51. The average Bonchev–Trinajstić information content (AvgIpc) is 3.04. The summed E-state index contributed by atoms with van der Waals surface area (Å²) in [5.41, 5.74) is 2.54. The lowest BCUT2D eigenvalue weighted by Crippen LogP contribution is -2.50. The lowest BCUT2D eigenvalue weighted by atomic mass is 10.00. The highest BCUT2D eigenvalue weighted by Crippen LogP contribution is 2.13. The summed E-state index contributed by atoms with van der Waals surface area (Å²) >= 11 is 5.04. The van der Waals surface area contributed by atoms with Crippen molar-refractivity contribution in [2.24, 2.45) is 0 Å². The summed E-state index contributed by atoms with van der Waals surface area (Å²) in [6, 6.07) is 9.48. The molecule has 0 saturated carbocycles. The van der Waals surface area contributed by atoms with E-state index in [1.165, 1.54) is 17.5 Å². The number of halogens is 2. The van der Waals surface area contributed by atoms with Crippen molar-refractivity contribution in [3.05, 3.63) is 70.8 Å². The van der Waals surface area contributed by atoms with E-state index >= 15 is 0 Å². The molecule has 2 aromatic carbocycles. The van der Waals surface area contributed by atoms with Crippen molar-refractivity contribution in [1.29, 1.82) is 0 Å². The second kappa shape index (κ2) is 12.1. The van der Waals surface area contributed by atoms with Gasteiger partial charge < -0.3 is 21.1 Å². The van der Waals surface area contributed by atoms with Gasteiger partial charge in [0.25, 0.3) is 5.91 Å². The summed E-state index contributed by atoms with van der Waals surface area (Å²) in [6.45, 7) is 2.70. The zero-order valence-electron chi connectivity index (χ0n) is 19.7. The van der Waals surface area contributed by atoms with Gasteiger partial charge in [0.05, 0.1) is 18.6 Å². The van der Waals surface area contributed by atoms with Gasteiger partial charge in [-0.25, -0.2) is 8.78 Å². The van der Waals surface area contributed by atoms with Gasteiger partial charge in [-0.2, -0.15) is 0 Å². The predicted octanol–water partition coefficient (Wildman–Crippen LogP) is 1.81. The van der Waals surface area contributed by atoms with Crippen LogP contribution in [0.25, 0.3) is 0 Å². The number of carbonyl (C=O) groups excluding carboxylic acids is 2. The molecule has 0 aromatic heterocycles. The number of hydrogen-bond donors (Lipinski definition) is 4. The fraction of sp³-hybridized carbons (Fsp3) is 0.400. The first-order valence-corrected chi connectivity index (χ1v) is 11.9. The number of amides is 2. The van der Waals surface area contributed by atoms with Gasteiger partial charge in [-0.1, -0.05) is 31.2 Å². The highest BCUT2D eigenvalue weighted by molar-refractivity contribution is 7.80. The van der Waals surface area contributed by atoms with Crippen molar-refractivity contribution < 1.29 is 23.5 Å². The van der Waals surface area contributed by atoms with E-state index in [4.69, 9.17) is 12.2 Å². The number of hydrogen-bond acceptors (Lipinski definition) is 5. The summed E-state index contributed by atoms with van der Waals surface area (Å²) in [4.78, 5) is 26.2. The van der Waals surface area contributed by atoms with Gasteiger partial charge in [0.2, 0.25) is 5.91 Å². The molecule has 3 atom stereocenters. The summed E-state index contributed by atoms with van der Waals surface area (Å²) in [7, 11) is 1.52. The van der Waals surface area contributed by atoms with E-state index in [1.54, 1.807) is 0 Å². The van der Waals surface area contributed by atoms with Crippen molar-refractivity contribution in [2.75, 3.05) is 13.6 Å². The Kier molecular flexibility index (Phi) is 9.25. The molecular weight excluding hydrogens is 474 g/mol. The number of nitrogens with one attached hydrogen (secondary N) is 3. The Morgan fingerprint density at radius 2 is 1.86 bits per heavy atom. The van der Waals surface area contributed by atoms with E-state index in [0.717, 1.165) is 30.2 Å². The maximum absolute atomic E-state index is 13.7. The second-order valence-corrected chi connectivity index (χ2v) is 9.02. The quantitative estimate of drug-likeness (QED) is 0.349. The summed E-state index contributed by atoms with van der Waals surface area (Å²) in [6.07, 6.45) is -0.343. The number of benzene rings is 2. The van der Waals surface area contributed by atoms with E-state index in [0.29, 0.717) is 12.1 Å². The third-order valence-corrected chi connectivity index (χ3v) is 6.28. The Morgan fingerprint density at radius 3 is 2.49 bits per heavy atom. The minimum absolute atomic E-state index is 0.00105. The van der Waals surface area contributed by atoms with Crippen LogP contribution in [-0.4, -0.2) is 58.7 Å². The molecule has 1 aliphatic heterocycles. The molecule has 1 fully saturated rings. The molecule has 2 amide bonds. The summed E-state index contributed by atoms with van der Waals surface area (Å²) in [5, 5.41) is 19.8. The number of carbonyl (C=O) groups is 2. The van der Waals surface area contributed by atoms with Crippen LogP contribution in [0.5, 0.6) is 0 Å². The van der Waals surface area contributed by atoms with Gasteiger partial charge in [0.15, 0.2) is 5.11 Å². The fourth-order valence-corrected chi connectivity index (χ4v) is 4.20. The largest absolute Gasteiger partial charge is 0.390 e. The lowest BCUT2D eigenvalue weighted by Gasteiger charge is -2.25. The molecule has 35 heavy (non-hydrogen) atoms. The van der Waals surface area contributed by atoms with Crippen molar-refractivity contribution in [2.45, 2.75) is 50.9 Å². The first-order chi connectivity index (χ1) is 16.7. The van der Waals surface area contributed by atoms with E-state index in [9.17, 15) is 23.5 Å². The highest BCUT2D eigenvalue weighted by atomic mass is 32.1. The van der Waals surface area contributed by atoms with Crippen LogP contribution in [0.15, 0.2) is 42.5 Å². The van der Waals surface area contributed by atoms with Crippen LogP contribution < -0.4 is 16.0 Å². The SMILES string of the molecule is CCc1cccc(CNC[C@@H](O)[C@H](Cc2cc(F)cc(F)c2)NC(=O)CC2NC(=S)N(C)C2=O)c1. The highest BCUT2D eigenvalue weighted by Gasteiger charge is 2.35. The molecule has 0 bridgehead atoms. The number of nitrogens with zero attached hydrogens (tertiary/aromatic N) is 1. The molecule has 1 aliphatic rings. The Hall–Kier alpha value is -2.95. The Balaban J connectivity index is 1.65. The van der Waals surface area contributed by atoms with Gasteiger partial charge in [0, 0.05) is 26.2 Å². The minimum Gasteiger partial charge on any atom is -0.390 e. The monoisotopic (exact) mass is 504 g/mol. The van der Waals surface area contributed by atoms with Crippen LogP contribution in [0, 0.1) is 11.6 Å². The van der Waals surface area contributed by atoms with Crippen molar-refractivity contribution >= 4 is 29.1 Å². The van der Waals surface area contributed by atoms with Gasteiger partial charge in [-0.3, -0.25) is 14.5 Å². The van der Waals surface area contributed by atoms with Crippen LogP contribution in [0.3, 0.4) is 0 Å². The first-order valence-electron chi connectivity index (χ1n) is 11.4. The molecular formula is C25H30F2N4O3S. The molecule has 3 rings (SSSR count). The number of aryl methyl sites for hydroxylation is 1. The van der Waals surface area contributed by atoms with Gasteiger partial charge in [0.1, 0.15) is 17.7 Å². The smallest absolute Gasteiger partial charge is 0.251 e. The maximum atomic E-state index is 13.7. The minimum atomic E-state index is -1.06.